The molecule has 0 aromatic heterocycles. The number of hydrogen-bond donors (Lipinski definition) is 3. The van der Waals surface area contributed by atoms with Crippen molar-refractivity contribution in [3.8, 4) is 5.75 Å². The second-order valence-corrected chi connectivity index (χ2v) is 8.26. The van der Waals surface area contributed by atoms with Gasteiger partial charge >= 0.3 is 0 Å². The highest BCUT2D eigenvalue weighted by atomic mass is 16.3. The summed E-state index contributed by atoms with van der Waals surface area (Å²) in [5.74, 6) is -0.441. The van der Waals surface area contributed by atoms with Gasteiger partial charge in [0.05, 0.1) is 11.3 Å². The molecule has 0 saturated heterocycles. The maximum atomic E-state index is 12.6. The number of nitrogens with zero attached hydrogens (tertiary/aromatic N) is 1. The van der Waals surface area contributed by atoms with Gasteiger partial charge in [-0.1, -0.05) is 55.7 Å². The summed E-state index contributed by atoms with van der Waals surface area (Å²) in [6.07, 6.45) is 5.31. The topological polar surface area (TPSA) is 90.8 Å². The average Bonchev–Trinajstić information content (AvgIpc) is 2.82. The molecule has 1 aliphatic rings. The number of carbonyl (C=O) groups excluding carboxylic acids is 2. The van der Waals surface area contributed by atoms with E-state index in [0.717, 1.165) is 42.0 Å². The zero-order chi connectivity index (χ0) is 22.5. The van der Waals surface area contributed by atoms with Gasteiger partial charge < -0.3 is 10.4 Å². The number of nitrogens with one attached hydrogen (secondary N) is 2. The monoisotopic (exact) mass is 429 g/mol. The van der Waals surface area contributed by atoms with Gasteiger partial charge in [-0.3, -0.25) is 9.59 Å². The number of aromatic hydroxyl groups is 1. The second-order valence-electron chi connectivity index (χ2n) is 8.26. The van der Waals surface area contributed by atoms with Crippen LogP contribution in [0, 0.1) is 5.92 Å². The maximum absolute atomic E-state index is 12.6. The van der Waals surface area contributed by atoms with Crippen molar-refractivity contribution in [2.75, 3.05) is 5.32 Å². The Kier molecular flexibility index (Phi) is 6.50. The van der Waals surface area contributed by atoms with E-state index in [1.165, 1.54) is 6.42 Å². The molecule has 3 aromatic rings. The van der Waals surface area contributed by atoms with Crippen LogP contribution in [0.3, 0.4) is 0 Å². The zero-order valence-corrected chi connectivity index (χ0v) is 18.1. The Morgan fingerprint density at radius 3 is 2.41 bits per heavy atom. The summed E-state index contributed by atoms with van der Waals surface area (Å²) < 4.78 is 0. The molecule has 3 N–H and O–H groups in total. The Hall–Kier alpha value is -3.67. The molecule has 0 bridgehead atoms. The first-order valence-electron chi connectivity index (χ1n) is 11.0. The fourth-order valence-corrected chi connectivity index (χ4v) is 4.10. The normalized spacial score (nSPS) is 14.8. The van der Waals surface area contributed by atoms with Crippen LogP contribution in [0.2, 0.25) is 0 Å². The lowest BCUT2D eigenvalue weighted by Gasteiger charge is -2.20. The van der Waals surface area contributed by atoms with Gasteiger partial charge in [0.2, 0.25) is 5.91 Å². The van der Waals surface area contributed by atoms with Gasteiger partial charge in [-0.05, 0) is 60.4 Å². The molecule has 6 heteroatoms. The van der Waals surface area contributed by atoms with E-state index in [-0.39, 0.29) is 23.1 Å². The van der Waals surface area contributed by atoms with Crippen molar-refractivity contribution in [1.29, 1.82) is 0 Å². The van der Waals surface area contributed by atoms with Crippen molar-refractivity contribution in [2.24, 2.45) is 11.0 Å². The minimum atomic E-state index is -0.491. The Balaban J connectivity index is 1.45. The SMILES string of the molecule is CC(=NNC(=O)c1cc2ccccc2cc1O)c1cccc(NC(=O)C2CCCCC2)c1. The molecule has 1 aliphatic carbocycles. The quantitative estimate of drug-likeness (QED) is 0.384. The van der Waals surface area contributed by atoms with Crippen molar-refractivity contribution in [3.05, 3.63) is 71.8 Å². The van der Waals surface area contributed by atoms with Gasteiger partial charge in [0.1, 0.15) is 5.75 Å². The van der Waals surface area contributed by atoms with Crippen LogP contribution in [0.5, 0.6) is 5.75 Å². The predicted molar refractivity (Wildman–Crippen MR) is 127 cm³/mol. The molecule has 164 valence electrons. The van der Waals surface area contributed by atoms with Crippen molar-refractivity contribution in [1.82, 2.24) is 5.43 Å². The number of hydrazone groups is 1. The number of benzene rings is 3. The Bertz CT molecular complexity index is 1180. The van der Waals surface area contributed by atoms with Crippen LogP contribution in [-0.2, 0) is 4.79 Å². The fourth-order valence-electron chi connectivity index (χ4n) is 4.10. The minimum absolute atomic E-state index is 0.0662. The van der Waals surface area contributed by atoms with Crippen molar-refractivity contribution < 1.29 is 14.7 Å². The number of rotatable bonds is 5. The number of amides is 2. The number of carbonyl (C=O) groups is 2. The highest BCUT2D eigenvalue weighted by Gasteiger charge is 2.21. The number of phenolic OH excluding ortho intramolecular Hbond substituents is 1. The average molecular weight is 430 g/mol. The van der Waals surface area contributed by atoms with Crippen LogP contribution >= 0.6 is 0 Å². The van der Waals surface area contributed by atoms with Crippen LogP contribution in [0.15, 0.2) is 65.8 Å². The third-order valence-electron chi connectivity index (χ3n) is 5.96. The number of phenols is 1. The van der Waals surface area contributed by atoms with Crippen LogP contribution in [0.25, 0.3) is 10.8 Å². The first-order chi connectivity index (χ1) is 15.5. The van der Waals surface area contributed by atoms with Gasteiger partial charge in [0.25, 0.3) is 5.91 Å². The van der Waals surface area contributed by atoms with E-state index in [1.807, 2.05) is 48.5 Å². The van der Waals surface area contributed by atoms with Crippen LogP contribution in [0.4, 0.5) is 5.69 Å². The number of anilines is 1. The third-order valence-corrected chi connectivity index (χ3v) is 5.96. The highest BCUT2D eigenvalue weighted by molar-refractivity contribution is 6.04. The lowest BCUT2D eigenvalue weighted by Crippen LogP contribution is -2.24. The van der Waals surface area contributed by atoms with E-state index < -0.39 is 5.91 Å². The molecule has 1 fully saturated rings. The van der Waals surface area contributed by atoms with E-state index >= 15 is 0 Å². The van der Waals surface area contributed by atoms with Gasteiger partial charge in [-0.25, -0.2) is 5.43 Å². The first kappa shape index (κ1) is 21.6. The van der Waals surface area contributed by atoms with E-state index in [2.05, 4.69) is 15.8 Å². The lowest BCUT2D eigenvalue weighted by atomic mass is 9.88. The second kappa shape index (κ2) is 9.64. The van der Waals surface area contributed by atoms with Crippen LogP contribution < -0.4 is 10.7 Å². The molecule has 1 saturated carbocycles. The van der Waals surface area contributed by atoms with Gasteiger partial charge in [0, 0.05) is 11.6 Å². The molecule has 6 nitrogen and oxygen atoms in total. The fraction of sp³-hybridized carbons (Fsp3) is 0.269. The zero-order valence-electron chi connectivity index (χ0n) is 18.1. The van der Waals surface area contributed by atoms with Crippen molar-refractivity contribution in [2.45, 2.75) is 39.0 Å². The molecule has 0 heterocycles. The van der Waals surface area contributed by atoms with Crippen LogP contribution in [-0.4, -0.2) is 22.6 Å². The summed E-state index contributed by atoms with van der Waals surface area (Å²) in [6.45, 7) is 1.78. The van der Waals surface area contributed by atoms with E-state index in [4.69, 9.17) is 0 Å². The summed E-state index contributed by atoms with van der Waals surface area (Å²) in [4.78, 5) is 25.1. The number of fused-ring (bicyclic) bond motifs is 1. The molecule has 0 spiro atoms. The molecule has 32 heavy (non-hydrogen) atoms. The van der Waals surface area contributed by atoms with Crippen molar-refractivity contribution in [3.63, 3.8) is 0 Å². The van der Waals surface area contributed by atoms with Crippen LogP contribution in [0.1, 0.15) is 54.9 Å². The summed E-state index contributed by atoms with van der Waals surface area (Å²) in [7, 11) is 0. The molecule has 4 rings (SSSR count). The lowest BCUT2D eigenvalue weighted by molar-refractivity contribution is -0.120. The molecule has 0 radical (unpaired) electrons. The van der Waals surface area contributed by atoms with E-state index in [0.29, 0.717) is 11.4 Å². The summed E-state index contributed by atoms with van der Waals surface area (Å²) in [5.41, 5.74) is 4.77. The largest absolute Gasteiger partial charge is 0.507 e. The Labute approximate surface area is 187 Å². The molecule has 0 atom stereocenters. The van der Waals surface area contributed by atoms with Gasteiger partial charge in [-0.15, -0.1) is 0 Å². The molecule has 3 aromatic carbocycles. The molecule has 0 aliphatic heterocycles. The highest BCUT2D eigenvalue weighted by Crippen LogP contribution is 2.26. The molecule has 2 amide bonds. The van der Waals surface area contributed by atoms with E-state index in [9.17, 15) is 14.7 Å². The first-order valence-corrected chi connectivity index (χ1v) is 11.0. The molecule has 0 unspecified atom stereocenters. The maximum Gasteiger partial charge on any atom is 0.275 e. The van der Waals surface area contributed by atoms with Gasteiger partial charge in [-0.2, -0.15) is 5.10 Å². The summed E-state index contributed by atoms with van der Waals surface area (Å²) in [6, 6.07) is 18.1. The number of hydrogen-bond acceptors (Lipinski definition) is 4. The molecular formula is C26H27N3O3. The smallest absolute Gasteiger partial charge is 0.275 e. The van der Waals surface area contributed by atoms with Crippen molar-refractivity contribution >= 4 is 34.0 Å². The van der Waals surface area contributed by atoms with Gasteiger partial charge in [0.15, 0.2) is 0 Å². The predicted octanol–water partition coefficient (Wildman–Crippen LogP) is 5.22. The minimum Gasteiger partial charge on any atom is -0.507 e. The summed E-state index contributed by atoms with van der Waals surface area (Å²) >= 11 is 0. The summed E-state index contributed by atoms with van der Waals surface area (Å²) in [5, 5.41) is 19.2. The standard InChI is InChI=1S/C26H27N3O3/c1-17(19-12-7-13-22(14-19)27-25(31)18-8-3-2-4-9-18)28-29-26(32)23-15-20-10-5-6-11-21(20)16-24(23)30/h5-7,10-16,18,30H,2-4,8-9H2,1H3,(H,27,31)(H,29,32). The third kappa shape index (κ3) is 4.97. The Morgan fingerprint density at radius 2 is 1.66 bits per heavy atom. The molecular weight excluding hydrogens is 402 g/mol. The van der Waals surface area contributed by atoms with E-state index in [1.54, 1.807) is 19.1 Å². The Morgan fingerprint density at radius 1 is 0.938 bits per heavy atom.